The zero-order chi connectivity index (χ0) is 18.9. The summed E-state index contributed by atoms with van der Waals surface area (Å²) in [5.74, 6) is 1.84. The minimum Gasteiger partial charge on any atom is -0.454 e. The second-order valence-corrected chi connectivity index (χ2v) is 9.77. The van der Waals surface area contributed by atoms with Crippen LogP contribution in [0.25, 0.3) is 0 Å². The van der Waals surface area contributed by atoms with Gasteiger partial charge in [-0.15, -0.1) is 0 Å². The van der Waals surface area contributed by atoms with Crippen molar-refractivity contribution in [3.63, 3.8) is 0 Å². The van der Waals surface area contributed by atoms with Gasteiger partial charge in [-0.3, -0.25) is 4.57 Å². The summed E-state index contributed by atoms with van der Waals surface area (Å²) in [4.78, 5) is 0. The normalized spacial score (nSPS) is 15.8. The highest BCUT2D eigenvalue weighted by Gasteiger charge is 2.32. The van der Waals surface area contributed by atoms with Gasteiger partial charge in [0.05, 0.1) is 5.30 Å². The van der Waals surface area contributed by atoms with Crippen molar-refractivity contribution >= 4 is 12.8 Å². The third-order valence-electron chi connectivity index (χ3n) is 4.03. The second kappa shape index (κ2) is 6.98. The molecule has 0 saturated carbocycles. The predicted molar refractivity (Wildman–Crippen MR) is 104 cm³/mol. The van der Waals surface area contributed by atoms with Gasteiger partial charge in [-0.05, 0) is 37.5 Å². The summed E-state index contributed by atoms with van der Waals surface area (Å²) in [5, 5.41) is 3.76. The molecule has 0 aromatic heterocycles. The van der Waals surface area contributed by atoms with E-state index >= 15 is 0 Å². The van der Waals surface area contributed by atoms with Crippen LogP contribution in [-0.4, -0.2) is 12.8 Å². The van der Waals surface area contributed by atoms with Crippen LogP contribution >= 0.6 is 7.52 Å². The molecule has 1 aliphatic rings. The topological polar surface area (TPSA) is 56.8 Å². The SMILES string of the molecule is CC(C)NP(=O)(Oc1cc2c(cc1C(C)(C)C)OCO2)c1ccccc1. The van der Waals surface area contributed by atoms with E-state index in [0.29, 0.717) is 22.6 Å². The van der Waals surface area contributed by atoms with Crippen molar-refractivity contribution in [2.75, 3.05) is 6.79 Å². The van der Waals surface area contributed by atoms with Gasteiger partial charge in [-0.25, -0.2) is 5.09 Å². The smallest absolute Gasteiger partial charge is 0.347 e. The number of nitrogens with one attached hydrogen (secondary N) is 1. The molecule has 0 fully saturated rings. The lowest BCUT2D eigenvalue weighted by Gasteiger charge is -2.28. The van der Waals surface area contributed by atoms with E-state index in [0.717, 1.165) is 5.56 Å². The maximum Gasteiger partial charge on any atom is 0.347 e. The Balaban J connectivity index is 2.08. The lowest BCUT2D eigenvalue weighted by atomic mass is 9.86. The van der Waals surface area contributed by atoms with Crippen molar-refractivity contribution in [3.05, 3.63) is 48.0 Å². The van der Waals surface area contributed by atoms with E-state index < -0.39 is 7.52 Å². The van der Waals surface area contributed by atoms with Crippen molar-refractivity contribution in [1.29, 1.82) is 0 Å². The first-order valence-corrected chi connectivity index (χ1v) is 10.4. The average Bonchev–Trinajstić information content (AvgIpc) is 3.00. The van der Waals surface area contributed by atoms with E-state index in [9.17, 15) is 4.57 Å². The lowest BCUT2D eigenvalue weighted by molar-refractivity contribution is 0.174. The Morgan fingerprint density at radius 1 is 1.08 bits per heavy atom. The largest absolute Gasteiger partial charge is 0.454 e. The van der Waals surface area contributed by atoms with E-state index in [4.69, 9.17) is 14.0 Å². The van der Waals surface area contributed by atoms with Crippen molar-refractivity contribution in [1.82, 2.24) is 5.09 Å². The summed E-state index contributed by atoms with van der Waals surface area (Å²) in [5.41, 5.74) is 0.707. The van der Waals surface area contributed by atoms with Crippen LogP contribution in [0.2, 0.25) is 0 Å². The summed E-state index contributed by atoms with van der Waals surface area (Å²) in [6.07, 6.45) is 0. The minimum atomic E-state index is -3.32. The Labute approximate surface area is 155 Å². The lowest BCUT2D eigenvalue weighted by Crippen LogP contribution is -2.29. The third-order valence-corrected chi connectivity index (χ3v) is 6.32. The predicted octanol–water partition coefficient (Wildman–Crippen LogP) is 4.61. The molecule has 0 radical (unpaired) electrons. The maximum atomic E-state index is 13.8. The highest BCUT2D eigenvalue weighted by molar-refractivity contribution is 7.65. The molecule has 0 spiro atoms. The van der Waals surface area contributed by atoms with Gasteiger partial charge in [0.15, 0.2) is 11.5 Å². The number of hydrogen-bond acceptors (Lipinski definition) is 4. The second-order valence-electron chi connectivity index (χ2n) is 7.71. The Morgan fingerprint density at radius 3 is 2.27 bits per heavy atom. The Hall–Kier alpha value is -1.97. The molecule has 1 heterocycles. The van der Waals surface area contributed by atoms with E-state index in [2.05, 4.69) is 25.9 Å². The van der Waals surface area contributed by atoms with Gasteiger partial charge in [-0.1, -0.05) is 39.0 Å². The molecular formula is C20H26NO4P. The van der Waals surface area contributed by atoms with Crippen molar-refractivity contribution in [2.45, 2.75) is 46.1 Å². The number of rotatable bonds is 5. The first-order valence-electron chi connectivity index (χ1n) is 8.76. The van der Waals surface area contributed by atoms with Gasteiger partial charge >= 0.3 is 7.52 Å². The van der Waals surface area contributed by atoms with Crippen LogP contribution in [0.1, 0.15) is 40.2 Å². The average molecular weight is 375 g/mol. The molecule has 1 N–H and O–H groups in total. The van der Waals surface area contributed by atoms with Crippen LogP contribution in [0.4, 0.5) is 0 Å². The molecule has 0 amide bonds. The third kappa shape index (κ3) is 3.89. The molecule has 140 valence electrons. The molecule has 1 aliphatic heterocycles. The van der Waals surface area contributed by atoms with E-state index in [1.54, 1.807) is 6.07 Å². The number of ether oxygens (including phenoxy) is 2. The van der Waals surface area contributed by atoms with Gasteiger partial charge in [0.2, 0.25) is 6.79 Å². The molecule has 0 aliphatic carbocycles. The summed E-state index contributed by atoms with van der Waals surface area (Å²) in [7, 11) is -3.32. The molecule has 3 rings (SSSR count). The molecule has 2 aromatic carbocycles. The van der Waals surface area contributed by atoms with Crippen LogP contribution in [-0.2, 0) is 9.98 Å². The Bertz CT molecular complexity index is 828. The van der Waals surface area contributed by atoms with Crippen LogP contribution in [0, 0.1) is 0 Å². The number of benzene rings is 2. The first-order chi connectivity index (χ1) is 12.2. The maximum absolute atomic E-state index is 13.8. The molecular weight excluding hydrogens is 349 g/mol. The first kappa shape index (κ1) is 18.8. The van der Waals surface area contributed by atoms with Gasteiger partial charge in [0, 0.05) is 17.7 Å². The fraction of sp³-hybridized carbons (Fsp3) is 0.400. The van der Waals surface area contributed by atoms with Crippen LogP contribution < -0.4 is 24.4 Å². The highest BCUT2D eigenvalue weighted by Crippen LogP contribution is 2.49. The standard InChI is InChI=1S/C20H26NO4P/c1-14(2)21-26(22,15-9-7-6-8-10-15)25-17-12-19-18(23-13-24-19)11-16(17)20(3,4)5/h6-12,14H,13H2,1-5H3,(H,21,22). The molecule has 26 heavy (non-hydrogen) atoms. The van der Waals surface area contributed by atoms with Crippen molar-refractivity contribution < 1.29 is 18.6 Å². The zero-order valence-electron chi connectivity index (χ0n) is 15.9. The number of fused-ring (bicyclic) bond motifs is 1. The monoisotopic (exact) mass is 375 g/mol. The van der Waals surface area contributed by atoms with Gasteiger partial charge in [0.25, 0.3) is 0 Å². The van der Waals surface area contributed by atoms with E-state index in [-0.39, 0.29) is 18.2 Å². The fourth-order valence-corrected chi connectivity index (χ4v) is 4.82. The molecule has 5 nitrogen and oxygen atoms in total. The zero-order valence-corrected chi connectivity index (χ0v) is 16.8. The molecule has 6 heteroatoms. The summed E-state index contributed by atoms with van der Waals surface area (Å²) >= 11 is 0. The van der Waals surface area contributed by atoms with Gasteiger partial charge in [0.1, 0.15) is 5.75 Å². The Morgan fingerprint density at radius 2 is 1.69 bits per heavy atom. The molecule has 1 unspecified atom stereocenters. The van der Waals surface area contributed by atoms with Crippen molar-refractivity contribution in [2.24, 2.45) is 0 Å². The van der Waals surface area contributed by atoms with Crippen LogP contribution in [0.15, 0.2) is 42.5 Å². The van der Waals surface area contributed by atoms with Crippen LogP contribution in [0.3, 0.4) is 0 Å². The molecule has 1 atom stereocenters. The number of hydrogen-bond donors (Lipinski definition) is 1. The summed E-state index contributed by atoms with van der Waals surface area (Å²) in [6.45, 7) is 10.3. The fourth-order valence-electron chi connectivity index (χ4n) is 2.84. The van der Waals surface area contributed by atoms with Gasteiger partial charge < -0.3 is 14.0 Å². The minimum absolute atomic E-state index is 0.00635. The molecule has 2 aromatic rings. The van der Waals surface area contributed by atoms with Gasteiger partial charge in [-0.2, -0.15) is 0 Å². The van der Waals surface area contributed by atoms with E-state index in [1.807, 2.05) is 50.2 Å². The summed E-state index contributed by atoms with van der Waals surface area (Å²) in [6, 6.07) is 12.9. The molecule has 0 saturated heterocycles. The summed E-state index contributed by atoms with van der Waals surface area (Å²) < 4.78 is 31.0. The van der Waals surface area contributed by atoms with E-state index in [1.165, 1.54) is 0 Å². The van der Waals surface area contributed by atoms with Crippen molar-refractivity contribution in [3.8, 4) is 17.2 Å². The van der Waals surface area contributed by atoms with Crippen LogP contribution in [0.5, 0.6) is 17.2 Å². The molecule has 0 bridgehead atoms. The quantitative estimate of drug-likeness (QED) is 0.774. The Kier molecular flexibility index (Phi) is 5.05. The highest BCUT2D eigenvalue weighted by atomic mass is 31.2.